The summed E-state index contributed by atoms with van der Waals surface area (Å²) in [7, 11) is 3.16. The fourth-order valence-corrected chi connectivity index (χ4v) is 4.05. The normalized spacial score (nSPS) is 17.4. The molecule has 0 fully saturated rings. The van der Waals surface area contributed by atoms with Gasteiger partial charge in [-0.25, -0.2) is 4.79 Å². The Morgan fingerprint density at radius 2 is 1.67 bits per heavy atom. The summed E-state index contributed by atoms with van der Waals surface area (Å²) in [5.74, 6) is 0.892. The van der Waals surface area contributed by atoms with Gasteiger partial charge in [0.2, 0.25) is 0 Å². The van der Waals surface area contributed by atoms with Crippen LogP contribution < -0.4 is 15.2 Å². The molecule has 6 nitrogen and oxygen atoms in total. The molecule has 6 heteroatoms. The average Bonchev–Trinajstić information content (AvgIpc) is 3.05. The van der Waals surface area contributed by atoms with Crippen LogP contribution >= 0.6 is 0 Å². The van der Waals surface area contributed by atoms with Crippen LogP contribution in [0.4, 0.5) is 0 Å². The third kappa shape index (κ3) is 7.47. The van der Waals surface area contributed by atoms with Crippen LogP contribution in [0, 0.1) is 0 Å². The Hall–Kier alpha value is -1.79. The van der Waals surface area contributed by atoms with E-state index >= 15 is 0 Å². The predicted molar refractivity (Wildman–Crippen MR) is 118 cm³/mol. The summed E-state index contributed by atoms with van der Waals surface area (Å²) in [5.41, 5.74) is 7.49. The molecule has 0 spiro atoms. The number of carbonyl (C=O) groups is 1. The fraction of sp³-hybridized carbons (Fsp3) is 0.708. The predicted octanol–water partition coefficient (Wildman–Crippen LogP) is 4.91. The van der Waals surface area contributed by atoms with E-state index < -0.39 is 0 Å². The molecule has 30 heavy (non-hydrogen) atoms. The second kappa shape index (κ2) is 12.8. The molecule has 0 saturated heterocycles. The Kier molecular flexibility index (Phi) is 10.4. The van der Waals surface area contributed by atoms with Crippen LogP contribution in [0.2, 0.25) is 0 Å². The number of hydrogen-bond donors (Lipinski definition) is 2. The number of benzene rings is 1. The van der Waals surface area contributed by atoms with Crippen molar-refractivity contribution < 1.29 is 24.1 Å². The number of ether oxygens (including phenoxy) is 3. The minimum atomic E-state index is -0.304. The van der Waals surface area contributed by atoms with Gasteiger partial charge >= 0.3 is 5.97 Å². The zero-order chi connectivity index (χ0) is 21.9. The summed E-state index contributed by atoms with van der Waals surface area (Å²) in [5, 5.41) is 9.30. The number of fused-ring (bicyclic) bond motifs is 1. The second-order valence-corrected chi connectivity index (χ2v) is 8.43. The van der Waals surface area contributed by atoms with Crippen molar-refractivity contribution in [1.82, 2.24) is 0 Å². The lowest BCUT2D eigenvalue weighted by atomic mass is 9.98. The number of methoxy groups -OCH3 is 2. The standard InChI is InChI=1S/C24H39NO5/c1-17(26)13-14-18(25)11-9-7-5-4-6-8-10-12-21-20-15-19(28-2)16-22(29-3)23(20)24(27)30-21/h15-18,21,26H,4-14,25H2,1-3H3. The highest BCUT2D eigenvalue weighted by Crippen LogP contribution is 2.41. The average molecular weight is 422 g/mol. The van der Waals surface area contributed by atoms with E-state index in [1.165, 1.54) is 32.1 Å². The molecule has 0 aromatic heterocycles. The van der Waals surface area contributed by atoms with Crippen molar-refractivity contribution in [1.29, 1.82) is 0 Å². The van der Waals surface area contributed by atoms with E-state index in [4.69, 9.17) is 19.9 Å². The molecule has 1 aromatic carbocycles. The second-order valence-electron chi connectivity index (χ2n) is 8.43. The van der Waals surface area contributed by atoms with E-state index in [0.29, 0.717) is 17.1 Å². The third-order valence-electron chi connectivity index (χ3n) is 5.86. The van der Waals surface area contributed by atoms with Gasteiger partial charge in [-0.05, 0) is 45.1 Å². The van der Waals surface area contributed by atoms with Crippen LogP contribution in [-0.4, -0.2) is 37.4 Å². The number of unbranched alkanes of at least 4 members (excludes halogenated alkanes) is 6. The Morgan fingerprint density at radius 1 is 1.00 bits per heavy atom. The summed E-state index contributed by atoms with van der Waals surface area (Å²) in [6.45, 7) is 1.82. The van der Waals surface area contributed by atoms with E-state index in [1.54, 1.807) is 20.3 Å². The molecule has 1 aromatic rings. The minimum Gasteiger partial charge on any atom is -0.497 e. The monoisotopic (exact) mass is 421 g/mol. The summed E-state index contributed by atoms with van der Waals surface area (Å²) >= 11 is 0. The summed E-state index contributed by atoms with van der Waals surface area (Å²) < 4.78 is 16.3. The van der Waals surface area contributed by atoms with E-state index in [2.05, 4.69) is 0 Å². The fourth-order valence-electron chi connectivity index (χ4n) is 4.05. The zero-order valence-electron chi connectivity index (χ0n) is 18.8. The molecule has 1 aliphatic heterocycles. The van der Waals surface area contributed by atoms with Crippen LogP contribution in [0.5, 0.6) is 11.5 Å². The number of cyclic esters (lactones) is 1. The largest absolute Gasteiger partial charge is 0.497 e. The Labute approximate surface area is 181 Å². The van der Waals surface area contributed by atoms with E-state index in [-0.39, 0.29) is 24.2 Å². The molecule has 1 heterocycles. The molecule has 170 valence electrons. The Balaban J connectivity index is 1.61. The van der Waals surface area contributed by atoms with E-state index in [1.807, 2.05) is 13.0 Å². The maximum atomic E-state index is 12.2. The van der Waals surface area contributed by atoms with Gasteiger partial charge in [0.15, 0.2) is 0 Å². The van der Waals surface area contributed by atoms with Gasteiger partial charge in [0.05, 0.1) is 20.3 Å². The number of hydrogen-bond acceptors (Lipinski definition) is 6. The highest BCUT2D eigenvalue weighted by atomic mass is 16.6. The summed E-state index contributed by atoms with van der Waals surface area (Å²) in [6.07, 6.45) is 11.3. The van der Waals surface area contributed by atoms with Crippen molar-refractivity contribution in [2.75, 3.05) is 14.2 Å². The van der Waals surface area contributed by atoms with E-state index in [9.17, 15) is 9.90 Å². The molecule has 0 saturated carbocycles. The number of esters is 1. The maximum Gasteiger partial charge on any atom is 0.342 e. The SMILES string of the molecule is COc1cc(OC)c2c(c1)C(CCCCCCCCCC(N)CCC(C)O)OC2=O. The summed E-state index contributed by atoms with van der Waals surface area (Å²) in [4.78, 5) is 12.2. The van der Waals surface area contributed by atoms with Gasteiger partial charge in [-0.3, -0.25) is 0 Å². The maximum absolute atomic E-state index is 12.2. The van der Waals surface area contributed by atoms with Gasteiger partial charge in [-0.2, -0.15) is 0 Å². The van der Waals surface area contributed by atoms with Crippen LogP contribution in [0.25, 0.3) is 0 Å². The van der Waals surface area contributed by atoms with Crippen molar-refractivity contribution >= 4 is 5.97 Å². The third-order valence-corrected chi connectivity index (χ3v) is 5.86. The smallest absolute Gasteiger partial charge is 0.342 e. The molecule has 3 unspecified atom stereocenters. The molecular weight excluding hydrogens is 382 g/mol. The molecular formula is C24H39NO5. The van der Waals surface area contributed by atoms with Gasteiger partial charge < -0.3 is 25.1 Å². The van der Waals surface area contributed by atoms with Crippen LogP contribution in [-0.2, 0) is 4.74 Å². The first-order valence-electron chi connectivity index (χ1n) is 11.4. The molecule has 0 bridgehead atoms. The lowest BCUT2D eigenvalue weighted by molar-refractivity contribution is 0.0361. The highest BCUT2D eigenvalue weighted by Gasteiger charge is 2.34. The quantitative estimate of drug-likeness (QED) is 0.309. The molecule has 3 atom stereocenters. The van der Waals surface area contributed by atoms with Crippen LogP contribution in [0.3, 0.4) is 0 Å². The van der Waals surface area contributed by atoms with Gasteiger partial charge in [-0.1, -0.05) is 38.5 Å². The van der Waals surface area contributed by atoms with Crippen molar-refractivity contribution in [3.05, 3.63) is 23.3 Å². The lowest BCUT2D eigenvalue weighted by Gasteiger charge is -2.13. The molecule has 2 rings (SSSR count). The first-order valence-corrected chi connectivity index (χ1v) is 11.4. The summed E-state index contributed by atoms with van der Waals surface area (Å²) in [6, 6.07) is 3.83. The zero-order valence-corrected chi connectivity index (χ0v) is 18.8. The number of aliphatic hydroxyl groups excluding tert-OH is 1. The van der Waals surface area contributed by atoms with Crippen LogP contribution in [0.1, 0.15) is 99.6 Å². The lowest BCUT2D eigenvalue weighted by Crippen LogP contribution is -2.21. The van der Waals surface area contributed by atoms with Crippen molar-refractivity contribution in [3.8, 4) is 11.5 Å². The first kappa shape index (κ1) is 24.5. The first-order chi connectivity index (χ1) is 14.5. The van der Waals surface area contributed by atoms with Crippen LogP contribution in [0.15, 0.2) is 12.1 Å². The minimum absolute atomic E-state index is 0.209. The van der Waals surface area contributed by atoms with Gasteiger partial charge in [0.25, 0.3) is 0 Å². The molecule has 0 radical (unpaired) electrons. The van der Waals surface area contributed by atoms with Crippen molar-refractivity contribution in [3.63, 3.8) is 0 Å². The molecule has 0 aliphatic carbocycles. The van der Waals surface area contributed by atoms with Gasteiger partial charge in [-0.15, -0.1) is 0 Å². The van der Waals surface area contributed by atoms with E-state index in [0.717, 1.165) is 44.1 Å². The van der Waals surface area contributed by atoms with Gasteiger partial charge in [0, 0.05) is 17.7 Å². The van der Waals surface area contributed by atoms with Gasteiger partial charge in [0.1, 0.15) is 23.2 Å². The number of aliphatic hydroxyl groups is 1. The van der Waals surface area contributed by atoms with Crippen molar-refractivity contribution in [2.45, 2.75) is 95.8 Å². The highest BCUT2D eigenvalue weighted by molar-refractivity contribution is 5.97. The molecule has 1 aliphatic rings. The number of rotatable bonds is 15. The molecule has 3 N–H and O–H groups in total. The number of carbonyl (C=O) groups excluding carboxylic acids is 1. The Morgan fingerprint density at radius 3 is 2.30 bits per heavy atom. The Bertz CT molecular complexity index is 661. The van der Waals surface area contributed by atoms with Crippen molar-refractivity contribution in [2.24, 2.45) is 5.73 Å². The number of nitrogens with two attached hydrogens (primary N) is 1. The topological polar surface area (TPSA) is 91.0 Å². The molecule has 0 amide bonds.